The standard InChI is InChI=1S/C12H15NO2/c1-2-15-12(14)8-4-6-10-5-3-7-11(13)9-10/h3-7,9H,2,8,13H2,1H3. The zero-order valence-electron chi connectivity index (χ0n) is 8.77. The van der Waals surface area contributed by atoms with Crippen LogP contribution in [0.15, 0.2) is 30.3 Å². The van der Waals surface area contributed by atoms with Gasteiger partial charge in [0.15, 0.2) is 0 Å². The summed E-state index contributed by atoms with van der Waals surface area (Å²) >= 11 is 0. The monoisotopic (exact) mass is 205 g/mol. The first-order valence-electron chi connectivity index (χ1n) is 4.90. The van der Waals surface area contributed by atoms with Gasteiger partial charge >= 0.3 is 5.97 Å². The fraction of sp³-hybridized carbons (Fsp3) is 0.250. The van der Waals surface area contributed by atoms with Crippen molar-refractivity contribution >= 4 is 17.7 Å². The van der Waals surface area contributed by atoms with Crippen molar-refractivity contribution in [2.24, 2.45) is 0 Å². The molecule has 1 aromatic carbocycles. The second-order valence-corrected chi connectivity index (χ2v) is 3.08. The average Bonchev–Trinajstić information content (AvgIpc) is 2.18. The minimum atomic E-state index is -0.211. The molecule has 3 heteroatoms. The molecule has 0 atom stereocenters. The van der Waals surface area contributed by atoms with Gasteiger partial charge in [0.1, 0.15) is 0 Å². The molecule has 0 fully saturated rings. The summed E-state index contributed by atoms with van der Waals surface area (Å²) in [6, 6.07) is 7.47. The summed E-state index contributed by atoms with van der Waals surface area (Å²) in [5, 5.41) is 0. The van der Waals surface area contributed by atoms with Crippen LogP contribution in [0.2, 0.25) is 0 Å². The van der Waals surface area contributed by atoms with E-state index in [-0.39, 0.29) is 5.97 Å². The van der Waals surface area contributed by atoms with E-state index >= 15 is 0 Å². The van der Waals surface area contributed by atoms with E-state index in [1.807, 2.05) is 30.3 Å². The number of carbonyl (C=O) groups excluding carboxylic acids is 1. The topological polar surface area (TPSA) is 52.3 Å². The van der Waals surface area contributed by atoms with Gasteiger partial charge in [-0.15, -0.1) is 0 Å². The average molecular weight is 205 g/mol. The quantitative estimate of drug-likeness (QED) is 0.605. The molecule has 0 saturated carbocycles. The van der Waals surface area contributed by atoms with Crippen molar-refractivity contribution in [2.45, 2.75) is 13.3 Å². The van der Waals surface area contributed by atoms with Gasteiger partial charge in [0, 0.05) is 5.69 Å². The third kappa shape index (κ3) is 4.31. The van der Waals surface area contributed by atoms with E-state index in [2.05, 4.69) is 0 Å². The Morgan fingerprint density at radius 2 is 2.33 bits per heavy atom. The van der Waals surface area contributed by atoms with Crippen molar-refractivity contribution < 1.29 is 9.53 Å². The summed E-state index contributed by atoms with van der Waals surface area (Å²) in [6.45, 7) is 2.21. The molecule has 2 N–H and O–H groups in total. The molecule has 15 heavy (non-hydrogen) atoms. The lowest BCUT2D eigenvalue weighted by molar-refractivity contribution is -0.142. The van der Waals surface area contributed by atoms with Gasteiger partial charge < -0.3 is 10.5 Å². The lowest BCUT2D eigenvalue weighted by atomic mass is 10.2. The van der Waals surface area contributed by atoms with Crippen molar-refractivity contribution in [2.75, 3.05) is 12.3 Å². The Labute approximate surface area is 89.5 Å². The Bertz CT molecular complexity index is 358. The summed E-state index contributed by atoms with van der Waals surface area (Å²) in [5.74, 6) is -0.211. The highest BCUT2D eigenvalue weighted by atomic mass is 16.5. The second kappa shape index (κ2) is 5.86. The summed E-state index contributed by atoms with van der Waals surface area (Å²) in [6.07, 6.45) is 3.92. The van der Waals surface area contributed by atoms with E-state index in [1.165, 1.54) is 0 Å². The van der Waals surface area contributed by atoms with Gasteiger partial charge in [-0.2, -0.15) is 0 Å². The van der Waals surface area contributed by atoms with Crippen LogP contribution >= 0.6 is 0 Å². The van der Waals surface area contributed by atoms with Crippen LogP contribution in [0.5, 0.6) is 0 Å². The summed E-state index contributed by atoms with van der Waals surface area (Å²) < 4.78 is 4.79. The highest BCUT2D eigenvalue weighted by molar-refractivity contribution is 5.72. The van der Waals surface area contributed by atoms with E-state index in [0.717, 1.165) is 5.56 Å². The maximum Gasteiger partial charge on any atom is 0.309 e. The number of benzene rings is 1. The molecule has 0 saturated heterocycles. The first-order valence-corrected chi connectivity index (χ1v) is 4.90. The third-order valence-electron chi connectivity index (χ3n) is 1.81. The van der Waals surface area contributed by atoms with Gasteiger partial charge in [-0.25, -0.2) is 0 Å². The molecule has 0 radical (unpaired) electrons. The molecular weight excluding hydrogens is 190 g/mol. The molecule has 1 rings (SSSR count). The number of ether oxygens (including phenoxy) is 1. The van der Waals surface area contributed by atoms with E-state index in [1.54, 1.807) is 13.0 Å². The molecule has 0 aliphatic heterocycles. The summed E-state index contributed by atoms with van der Waals surface area (Å²) in [5.41, 5.74) is 7.31. The summed E-state index contributed by atoms with van der Waals surface area (Å²) in [4.78, 5) is 11.0. The smallest absolute Gasteiger partial charge is 0.309 e. The van der Waals surface area contributed by atoms with E-state index in [0.29, 0.717) is 18.7 Å². The number of rotatable bonds is 4. The molecule has 0 heterocycles. The van der Waals surface area contributed by atoms with Crippen LogP contribution in [0.4, 0.5) is 5.69 Å². The number of esters is 1. The zero-order chi connectivity index (χ0) is 11.1. The van der Waals surface area contributed by atoms with Crippen LogP contribution < -0.4 is 5.73 Å². The fourth-order valence-corrected chi connectivity index (χ4v) is 1.17. The number of anilines is 1. The Balaban J connectivity index is 2.48. The predicted octanol–water partition coefficient (Wildman–Crippen LogP) is 2.24. The number of nitrogens with two attached hydrogens (primary N) is 1. The number of hydrogen-bond donors (Lipinski definition) is 1. The first-order chi connectivity index (χ1) is 7.22. The van der Waals surface area contributed by atoms with Crippen LogP contribution in [0.3, 0.4) is 0 Å². The van der Waals surface area contributed by atoms with Crippen molar-refractivity contribution in [1.29, 1.82) is 0 Å². The summed E-state index contributed by atoms with van der Waals surface area (Å²) in [7, 11) is 0. The van der Waals surface area contributed by atoms with Crippen LogP contribution in [0, 0.1) is 0 Å². The van der Waals surface area contributed by atoms with Gasteiger partial charge in [0.05, 0.1) is 13.0 Å². The Hall–Kier alpha value is -1.77. The number of nitrogen functional groups attached to an aromatic ring is 1. The molecule has 0 bridgehead atoms. The van der Waals surface area contributed by atoms with Gasteiger partial charge in [0.2, 0.25) is 0 Å². The predicted molar refractivity (Wildman–Crippen MR) is 61.1 cm³/mol. The zero-order valence-corrected chi connectivity index (χ0v) is 8.77. The SMILES string of the molecule is CCOC(=O)CC=Cc1cccc(N)c1. The maximum absolute atomic E-state index is 11.0. The number of hydrogen-bond acceptors (Lipinski definition) is 3. The highest BCUT2D eigenvalue weighted by Crippen LogP contribution is 2.08. The molecule has 0 aromatic heterocycles. The molecule has 3 nitrogen and oxygen atoms in total. The molecule has 0 aliphatic rings. The van der Waals surface area contributed by atoms with Gasteiger partial charge in [-0.05, 0) is 24.6 Å². The van der Waals surface area contributed by atoms with Crippen molar-refractivity contribution in [3.63, 3.8) is 0 Å². The van der Waals surface area contributed by atoms with Crippen LogP contribution in [0.1, 0.15) is 18.9 Å². The molecule has 0 spiro atoms. The molecule has 0 unspecified atom stereocenters. The Morgan fingerprint density at radius 1 is 1.53 bits per heavy atom. The molecule has 1 aromatic rings. The Morgan fingerprint density at radius 3 is 3.00 bits per heavy atom. The lowest BCUT2D eigenvalue weighted by Gasteiger charge is -1.97. The van der Waals surface area contributed by atoms with Gasteiger partial charge in [0.25, 0.3) is 0 Å². The lowest BCUT2D eigenvalue weighted by Crippen LogP contribution is -2.01. The molecule has 80 valence electrons. The van der Waals surface area contributed by atoms with Gasteiger partial charge in [-0.1, -0.05) is 24.3 Å². The van der Waals surface area contributed by atoms with E-state index in [4.69, 9.17) is 10.5 Å². The fourth-order valence-electron chi connectivity index (χ4n) is 1.17. The minimum absolute atomic E-state index is 0.211. The largest absolute Gasteiger partial charge is 0.466 e. The van der Waals surface area contributed by atoms with Crippen LogP contribution in [0.25, 0.3) is 6.08 Å². The minimum Gasteiger partial charge on any atom is -0.466 e. The Kier molecular flexibility index (Phi) is 4.41. The van der Waals surface area contributed by atoms with Crippen LogP contribution in [-0.4, -0.2) is 12.6 Å². The molecule has 0 aliphatic carbocycles. The van der Waals surface area contributed by atoms with Gasteiger partial charge in [-0.3, -0.25) is 4.79 Å². The maximum atomic E-state index is 11.0. The van der Waals surface area contributed by atoms with Crippen LogP contribution in [-0.2, 0) is 9.53 Å². The molecular formula is C12H15NO2. The van der Waals surface area contributed by atoms with Crippen molar-refractivity contribution in [3.8, 4) is 0 Å². The normalized spacial score (nSPS) is 10.5. The third-order valence-corrected chi connectivity index (χ3v) is 1.81. The van der Waals surface area contributed by atoms with E-state index in [9.17, 15) is 4.79 Å². The number of carbonyl (C=O) groups is 1. The van der Waals surface area contributed by atoms with E-state index < -0.39 is 0 Å². The van der Waals surface area contributed by atoms with Crippen molar-refractivity contribution in [3.05, 3.63) is 35.9 Å². The highest BCUT2D eigenvalue weighted by Gasteiger charge is 1.96. The molecule has 0 amide bonds. The first kappa shape index (κ1) is 11.3. The van der Waals surface area contributed by atoms with Crippen molar-refractivity contribution in [1.82, 2.24) is 0 Å². The second-order valence-electron chi connectivity index (χ2n) is 3.08.